The van der Waals surface area contributed by atoms with Crippen LogP contribution in [0.2, 0.25) is 0 Å². The summed E-state index contributed by atoms with van der Waals surface area (Å²) in [6.07, 6.45) is 0.424. The van der Waals surface area contributed by atoms with Gasteiger partial charge in [0.05, 0.1) is 31.1 Å². The Kier molecular flexibility index (Phi) is 6.99. The van der Waals surface area contributed by atoms with Gasteiger partial charge in [-0.1, -0.05) is 36.4 Å². The van der Waals surface area contributed by atoms with Crippen LogP contribution in [0.1, 0.15) is 27.9 Å². The number of halogens is 2. The number of nitrogens with zero attached hydrogens (tertiary/aromatic N) is 6. The SMILES string of the molecule is COC(=O)N(Cc1ccc(C)c(C)c1)c1c(N)nc(-n2nc(Cc3ccccc3F)c3ncc(F)cc32)nc1N. The number of amides is 1. The van der Waals surface area contributed by atoms with Gasteiger partial charge in [0.2, 0.25) is 0 Å². The molecular formula is C28H26F2N8O2. The van der Waals surface area contributed by atoms with E-state index in [0.29, 0.717) is 16.8 Å². The van der Waals surface area contributed by atoms with Gasteiger partial charge in [0.15, 0.2) is 11.6 Å². The van der Waals surface area contributed by atoms with Crippen LogP contribution in [0.25, 0.3) is 17.0 Å². The van der Waals surface area contributed by atoms with Gasteiger partial charge in [-0.2, -0.15) is 19.7 Å². The molecular weight excluding hydrogens is 518 g/mol. The Balaban J connectivity index is 1.59. The maximum absolute atomic E-state index is 14.4. The predicted molar refractivity (Wildman–Crippen MR) is 147 cm³/mol. The van der Waals surface area contributed by atoms with Crippen molar-refractivity contribution < 1.29 is 18.3 Å². The minimum absolute atomic E-state index is 0.0566. The molecule has 0 unspecified atom stereocenters. The lowest BCUT2D eigenvalue weighted by Gasteiger charge is -2.24. The fourth-order valence-corrected chi connectivity index (χ4v) is 4.41. The molecule has 0 aliphatic carbocycles. The van der Waals surface area contributed by atoms with Gasteiger partial charge in [-0.3, -0.25) is 4.90 Å². The van der Waals surface area contributed by atoms with Crippen molar-refractivity contribution in [3.63, 3.8) is 0 Å². The maximum atomic E-state index is 14.4. The molecule has 1 amide bonds. The molecule has 0 aliphatic rings. The zero-order valence-corrected chi connectivity index (χ0v) is 22.0. The molecule has 0 fully saturated rings. The number of fused-ring (bicyclic) bond motifs is 1. The molecule has 0 aliphatic heterocycles. The molecule has 2 aromatic carbocycles. The molecule has 5 aromatic rings. The van der Waals surface area contributed by atoms with Crippen LogP contribution < -0.4 is 16.4 Å². The van der Waals surface area contributed by atoms with Gasteiger partial charge < -0.3 is 16.2 Å². The summed E-state index contributed by atoms with van der Waals surface area (Å²) < 4.78 is 34.8. The van der Waals surface area contributed by atoms with E-state index in [2.05, 4.69) is 20.1 Å². The fraction of sp³-hybridized carbons (Fsp3) is 0.179. The lowest BCUT2D eigenvalue weighted by atomic mass is 10.1. The number of hydrogen-bond acceptors (Lipinski definition) is 8. The molecule has 10 nitrogen and oxygen atoms in total. The number of ether oxygens (including phenoxy) is 1. The second-order valence-electron chi connectivity index (χ2n) is 9.27. The first-order valence-electron chi connectivity index (χ1n) is 12.3. The number of rotatable bonds is 6. The third-order valence-corrected chi connectivity index (χ3v) is 6.56. The summed E-state index contributed by atoms with van der Waals surface area (Å²) in [5, 5.41) is 4.51. The molecule has 3 aromatic heterocycles. The van der Waals surface area contributed by atoms with Crippen LogP contribution in [0.15, 0.2) is 54.7 Å². The maximum Gasteiger partial charge on any atom is 0.414 e. The first-order chi connectivity index (χ1) is 19.2. The zero-order valence-electron chi connectivity index (χ0n) is 22.0. The average molecular weight is 545 g/mol. The lowest BCUT2D eigenvalue weighted by Crippen LogP contribution is -2.32. The van der Waals surface area contributed by atoms with Crippen LogP contribution in [-0.4, -0.2) is 37.9 Å². The molecule has 0 saturated carbocycles. The molecule has 0 spiro atoms. The molecule has 40 heavy (non-hydrogen) atoms. The molecule has 4 N–H and O–H groups in total. The number of nitrogens with two attached hydrogens (primary N) is 2. The van der Waals surface area contributed by atoms with E-state index in [0.717, 1.165) is 22.9 Å². The molecule has 3 heterocycles. The van der Waals surface area contributed by atoms with E-state index in [9.17, 15) is 13.6 Å². The van der Waals surface area contributed by atoms with Crippen LogP contribution >= 0.6 is 0 Å². The number of aryl methyl sites for hydroxylation is 2. The number of nitrogen functional groups attached to an aromatic ring is 2. The number of pyridine rings is 1. The summed E-state index contributed by atoms with van der Waals surface area (Å²) >= 11 is 0. The van der Waals surface area contributed by atoms with Crippen molar-refractivity contribution in [3.05, 3.63) is 94.3 Å². The summed E-state index contributed by atoms with van der Waals surface area (Å²) in [4.78, 5) is 26.9. The van der Waals surface area contributed by atoms with Gasteiger partial charge in [-0.05, 0) is 42.2 Å². The van der Waals surface area contributed by atoms with Crippen molar-refractivity contribution in [2.24, 2.45) is 0 Å². The van der Waals surface area contributed by atoms with Crippen LogP contribution in [0.3, 0.4) is 0 Å². The van der Waals surface area contributed by atoms with Crippen molar-refractivity contribution in [1.29, 1.82) is 0 Å². The summed E-state index contributed by atoms with van der Waals surface area (Å²) in [5.41, 5.74) is 17.0. The summed E-state index contributed by atoms with van der Waals surface area (Å²) in [7, 11) is 1.24. The highest BCUT2D eigenvalue weighted by molar-refractivity contribution is 5.95. The Bertz CT molecular complexity index is 1730. The number of anilines is 3. The van der Waals surface area contributed by atoms with Crippen LogP contribution in [0.4, 0.5) is 30.9 Å². The minimum atomic E-state index is -0.712. The molecule has 12 heteroatoms. The Morgan fingerprint density at radius 3 is 2.42 bits per heavy atom. The third kappa shape index (κ3) is 4.98. The van der Waals surface area contributed by atoms with Gasteiger partial charge in [-0.25, -0.2) is 18.6 Å². The number of benzene rings is 2. The van der Waals surface area contributed by atoms with E-state index in [1.807, 2.05) is 32.0 Å². The van der Waals surface area contributed by atoms with Crippen molar-refractivity contribution in [3.8, 4) is 5.95 Å². The van der Waals surface area contributed by atoms with Gasteiger partial charge in [-0.15, -0.1) is 0 Å². The molecule has 0 saturated heterocycles. The lowest BCUT2D eigenvalue weighted by molar-refractivity contribution is 0.178. The third-order valence-electron chi connectivity index (χ3n) is 6.56. The standard InChI is InChI=1S/C28H26F2N8O2/c1-15-8-9-17(10-16(15)2)14-37(28(39)40-3)24-25(31)34-27(35-26(24)32)38-22-12-19(29)13-33-23(22)21(36-38)11-18-6-4-5-7-20(18)30/h4-10,12-13H,11,14H2,1-3H3,(H4,31,32,34,35). The molecule has 0 radical (unpaired) electrons. The number of aromatic nitrogens is 5. The Morgan fingerprint density at radius 2 is 1.75 bits per heavy atom. The average Bonchev–Trinajstić information content (AvgIpc) is 3.27. The van der Waals surface area contributed by atoms with Crippen LogP contribution in [-0.2, 0) is 17.7 Å². The zero-order chi connectivity index (χ0) is 28.6. The van der Waals surface area contributed by atoms with Crippen LogP contribution in [0.5, 0.6) is 0 Å². The van der Waals surface area contributed by atoms with Gasteiger partial charge >= 0.3 is 6.09 Å². The Labute approximate surface area is 228 Å². The van der Waals surface area contributed by atoms with Crippen molar-refractivity contribution >= 4 is 34.4 Å². The molecule has 0 bridgehead atoms. The van der Waals surface area contributed by atoms with E-state index in [-0.39, 0.29) is 41.8 Å². The highest BCUT2D eigenvalue weighted by atomic mass is 19.1. The van der Waals surface area contributed by atoms with Crippen LogP contribution in [0, 0.1) is 25.5 Å². The summed E-state index contributed by atoms with van der Waals surface area (Å²) in [6.45, 7) is 4.05. The van der Waals surface area contributed by atoms with Gasteiger partial charge in [0.25, 0.3) is 5.95 Å². The summed E-state index contributed by atoms with van der Waals surface area (Å²) in [5.74, 6) is -1.35. The van der Waals surface area contributed by atoms with Crippen molar-refractivity contribution in [1.82, 2.24) is 24.7 Å². The second-order valence-corrected chi connectivity index (χ2v) is 9.27. The van der Waals surface area contributed by atoms with E-state index < -0.39 is 17.7 Å². The number of methoxy groups -OCH3 is 1. The van der Waals surface area contributed by atoms with Gasteiger partial charge in [0, 0.05) is 12.5 Å². The highest BCUT2D eigenvalue weighted by Crippen LogP contribution is 2.32. The van der Waals surface area contributed by atoms with E-state index in [4.69, 9.17) is 16.2 Å². The Hall–Kier alpha value is -5.13. The number of carbonyl (C=O) groups excluding carboxylic acids is 1. The van der Waals surface area contributed by atoms with E-state index in [1.165, 1.54) is 28.8 Å². The Morgan fingerprint density at radius 1 is 1.02 bits per heavy atom. The first-order valence-corrected chi connectivity index (χ1v) is 12.3. The fourth-order valence-electron chi connectivity index (χ4n) is 4.41. The smallest absolute Gasteiger partial charge is 0.414 e. The first kappa shape index (κ1) is 26.5. The largest absolute Gasteiger partial charge is 0.452 e. The predicted octanol–water partition coefficient (Wildman–Crippen LogP) is 4.63. The molecule has 5 rings (SSSR count). The van der Waals surface area contributed by atoms with Gasteiger partial charge in [0.1, 0.15) is 22.8 Å². The second kappa shape index (κ2) is 10.6. The monoisotopic (exact) mass is 544 g/mol. The normalized spacial score (nSPS) is 11.1. The van der Waals surface area contributed by atoms with Crippen molar-refractivity contribution in [2.45, 2.75) is 26.8 Å². The highest BCUT2D eigenvalue weighted by Gasteiger charge is 2.26. The number of carbonyl (C=O) groups is 1. The number of hydrogen-bond donors (Lipinski definition) is 2. The molecule has 204 valence electrons. The quantitative estimate of drug-likeness (QED) is 0.316. The van der Waals surface area contributed by atoms with Crippen molar-refractivity contribution in [2.75, 3.05) is 23.5 Å². The molecule has 0 atom stereocenters. The topological polar surface area (TPSA) is 138 Å². The van der Waals surface area contributed by atoms with E-state index >= 15 is 0 Å². The van der Waals surface area contributed by atoms with E-state index in [1.54, 1.807) is 18.2 Å². The summed E-state index contributed by atoms with van der Waals surface area (Å²) in [6, 6.07) is 13.2. The minimum Gasteiger partial charge on any atom is -0.452 e.